The third-order valence-corrected chi connectivity index (χ3v) is 4.07. The number of thiazole rings is 1. The molecule has 18 heavy (non-hydrogen) atoms. The predicted molar refractivity (Wildman–Crippen MR) is 69.7 cm³/mol. The summed E-state index contributed by atoms with van der Waals surface area (Å²) in [5.41, 5.74) is 2.72. The van der Waals surface area contributed by atoms with Crippen molar-refractivity contribution in [1.29, 1.82) is 0 Å². The topological polar surface area (TPSA) is 67.1 Å². The number of nitrogens with one attached hydrogen (secondary N) is 1. The van der Waals surface area contributed by atoms with Gasteiger partial charge in [-0.15, -0.1) is 0 Å². The summed E-state index contributed by atoms with van der Waals surface area (Å²) in [5, 5.41) is 0. The van der Waals surface area contributed by atoms with Crippen LogP contribution in [0.4, 0.5) is 0 Å². The molecule has 7 heteroatoms. The summed E-state index contributed by atoms with van der Waals surface area (Å²) in [6.07, 6.45) is 1.31. The molecular weight excluding hydrogens is 272 g/mol. The Bertz CT molecular complexity index is 664. The Morgan fingerprint density at radius 2 is 2.17 bits per heavy atom. The highest BCUT2D eigenvalue weighted by atomic mass is 32.2. The molecule has 0 fully saturated rings. The molecule has 0 aliphatic heterocycles. The molecule has 2 aromatic rings. The van der Waals surface area contributed by atoms with Crippen LogP contribution in [0.3, 0.4) is 0 Å². The molecule has 0 radical (unpaired) electrons. The molecule has 0 bridgehead atoms. The molecule has 0 saturated carbocycles. The van der Waals surface area contributed by atoms with Gasteiger partial charge in [0.15, 0.2) is 0 Å². The van der Waals surface area contributed by atoms with Gasteiger partial charge in [-0.1, -0.05) is 23.5 Å². The van der Waals surface area contributed by atoms with Crippen molar-refractivity contribution in [1.82, 2.24) is 4.72 Å². The minimum absolute atomic E-state index is 0.0957. The molecule has 1 atom stereocenters. The largest absolute Gasteiger partial charge is 0.303 e. The molecule has 2 rings (SSSR count). The smallest absolute Gasteiger partial charge is 0.232 e. The normalized spacial score (nSPS) is 13.6. The number of rotatable bonds is 5. The van der Waals surface area contributed by atoms with Crippen LogP contribution in [0, 0.1) is 0 Å². The summed E-state index contributed by atoms with van der Waals surface area (Å²) in [5.74, 6) is 0. The lowest BCUT2D eigenvalue weighted by atomic mass is 10.3. The molecule has 1 aromatic heterocycles. The van der Waals surface area contributed by atoms with Gasteiger partial charge in [0.05, 0.1) is 12.7 Å². The minimum Gasteiger partial charge on any atom is -0.303 e. The first kappa shape index (κ1) is 13.1. The average molecular weight is 285 g/mol. The maximum absolute atomic E-state index is 11.3. The molecule has 0 aliphatic rings. The van der Waals surface area contributed by atoms with Gasteiger partial charge in [0, 0.05) is 6.07 Å². The zero-order valence-electron chi connectivity index (χ0n) is 9.74. The number of aromatic nitrogens is 1. The predicted octanol–water partition coefficient (Wildman–Crippen LogP) is 0.826. The summed E-state index contributed by atoms with van der Waals surface area (Å²) >= 11 is 1.51. The number of para-hydroxylation sites is 1. The number of carbonyl (C=O) groups excluding carboxylic acids is 1. The Morgan fingerprint density at radius 1 is 1.44 bits per heavy atom. The van der Waals surface area contributed by atoms with Crippen molar-refractivity contribution >= 4 is 37.9 Å². The monoisotopic (exact) mass is 285 g/mol. The van der Waals surface area contributed by atoms with E-state index >= 15 is 0 Å². The maximum atomic E-state index is 11.3. The van der Waals surface area contributed by atoms with Crippen molar-refractivity contribution < 1.29 is 17.8 Å². The molecule has 0 saturated heterocycles. The van der Waals surface area contributed by atoms with Gasteiger partial charge < -0.3 is 4.79 Å². The summed E-state index contributed by atoms with van der Waals surface area (Å²) in [4.78, 5) is 10.7. The van der Waals surface area contributed by atoms with Gasteiger partial charge in [-0.3, -0.25) is 0 Å². The van der Waals surface area contributed by atoms with E-state index in [1.54, 1.807) is 4.57 Å². The zero-order chi connectivity index (χ0) is 13.2. The Morgan fingerprint density at radius 3 is 2.83 bits per heavy atom. The van der Waals surface area contributed by atoms with Crippen LogP contribution in [0.15, 0.2) is 29.8 Å². The molecule has 1 heterocycles. The fourth-order valence-electron chi connectivity index (χ4n) is 1.74. The van der Waals surface area contributed by atoms with Crippen molar-refractivity contribution in [3.8, 4) is 0 Å². The fraction of sp³-hybridized carbons (Fsp3) is 0.273. The van der Waals surface area contributed by atoms with Gasteiger partial charge in [0.1, 0.15) is 11.0 Å². The van der Waals surface area contributed by atoms with E-state index in [-0.39, 0.29) is 6.42 Å². The second-order valence-corrected chi connectivity index (χ2v) is 6.57. The second kappa shape index (κ2) is 5.13. The highest BCUT2D eigenvalue weighted by Gasteiger charge is 2.25. The van der Waals surface area contributed by atoms with Crippen LogP contribution in [0.1, 0.15) is 12.6 Å². The average Bonchev–Trinajstić information content (AvgIpc) is 2.70. The van der Waals surface area contributed by atoms with E-state index in [0.29, 0.717) is 6.29 Å². The molecular formula is C11H13N2O3S2+. The SMILES string of the molecule is CS(=O)(=O)NC(CC=O)[n+]1csc2ccccc21. The number of benzene rings is 1. The van der Waals surface area contributed by atoms with Crippen molar-refractivity contribution in [2.75, 3.05) is 6.26 Å². The van der Waals surface area contributed by atoms with E-state index in [9.17, 15) is 13.2 Å². The first-order valence-electron chi connectivity index (χ1n) is 5.29. The zero-order valence-corrected chi connectivity index (χ0v) is 11.4. The van der Waals surface area contributed by atoms with E-state index in [1.807, 2.05) is 29.8 Å². The van der Waals surface area contributed by atoms with E-state index in [1.165, 1.54) is 11.3 Å². The number of sulfonamides is 1. The number of carbonyl (C=O) groups is 1. The number of nitrogens with zero attached hydrogens (tertiary/aromatic N) is 1. The fourth-order valence-corrected chi connectivity index (χ4v) is 3.38. The van der Waals surface area contributed by atoms with Crippen LogP contribution in [0.5, 0.6) is 0 Å². The summed E-state index contributed by atoms with van der Waals surface area (Å²) < 4.78 is 27.9. The quantitative estimate of drug-likeness (QED) is 0.653. The van der Waals surface area contributed by atoms with Crippen molar-refractivity contribution in [2.24, 2.45) is 0 Å². The van der Waals surface area contributed by atoms with Gasteiger partial charge in [-0.25, -0.2) is 8.42 Å². The molecule has 0 aliphatic carbocycles. The van der Waals surface area contributed by atoms with Crippen LogP contribution >= 0.6 is 11.3 Å². The molecule has 5 nitrogen and oxygen atoms in total. The highest BCUT2D eigenvalue weighted by molar-refractivity contribution is 7.88. The summed E-state index contributed by atoms with van der Waals surface area (Å²) in [7, 11) is -3.37. The number of hydrogen-bond donors (Lipinski definition) is 1. The summed E-state index contributed by atoms with van der Waals surface area (Å²) in [6.45, 7) is 0. The Labute approximate surface area is 109 Å². The maximum Gasteiger partial charge on any atom is 0.232 e. The van der Waals surface area contributed by atoms with E-state index in [0.717, 1.165) is 16.5 Å². The minimum atomic E-state index is -3.37. The molecule has 1 unspecified atom stereocenters. The molecule has 96 valence electrons. The van der Waals surface area contributed by atoms with Crippen LogP contribution in [-0.4, -0.2) is 21.0 Å². The van der Waals surface area contributed by atoms with E-state index < -0.39 is 16.2 Å². The van der Waals surface area contributed by atoms with Crippen LogP contribution in [-0.2, 0) is 14.8 Å². The number of aldehydes is 1. The number of fused-ring (bicyclic) bond motifs is 1. The molecule has 0 amide bonds. The first-order chi connectivity index (χ1) is 8.51. The second-order valence-electron chi connectivity index (χ2n) is 3.91. The van der Waals surface area contributed by atoms with Crippen LogP contribution < -0.4 is 9.29 Å². The van der Waals surface area contributed by atoms with Gasteiger partial charge in [-0.05, 0) is 6.07 Å². The number of hydrogen-bond acceptors (Lipinski definition) is 4. The Hall–Kier alpha value is -1.31. The van der Waals surface area contributed by atoms with Crippen LogP contribution in [0.25, 0.3) is 10.2 Å². The van der Waals surface area contributed by atoms with Gasteiger partial charge in [-0.2, -0.15) is 9.29 Å². The third-order valence-electron chi connectivity index (χ3n) is 2.44. The van der Waals surface area contributed by atoms with Crippen molar-refractivity contribution in [3.05, 3.63) is 29.8 Å². The van der Waals surface area contributed by atoms with E-state index in [2.05, 4.69) is 4.72 Å². The lowest BCUT2D eigenvalue weighted by molar-refractivity contribution is -0.696. The lowest BCUT2D eigenvalue weighted by Crippen LogP contribution is -2.48. The lowest BCUT2D eigenvalue weighted by Gasteiger charge is -2.08. The molecule has 1 aromatic carbocycles. The Balaban J connectivity index is 2.44. The highest BCUT2D eigenvalue weighted by Crippen LogP contribution is 2.17. The van der Waals surface area contributed by atoms with Gasteiger partial charge >= 0.3 is 0 Å². The summed E-state index contributed by atoms with van der Waals surface area (Å²) in [6, 6.07) is 7.65. The first-order valence-corrected chi connectivity index (χ1v) is 8.06. The van der Waals surface area contributed by atoms with Gasteiger partial charge in [0.25, 0.3) is 0 Å². The van der Waals surface area contributed by atoms with Crippen LogP contribution in [0.2, 0.25) is 0 Å². The molecule has 1 N–H and O–H groups in total. The van der Waals surface area contributed by atoms with E-state index in [4.69, 9.17) is 0 Å². The van der Waals surface area contributed by atoms with Gasteiger partial charge in [0.2, 0.25) is 27.2 Å². The van der Waals surface area contributed by atoms with Crippen molar-refractivity contribution in [3.63, 3.8) is 0 Å². The third kappa shape index (κ3) is 2.92. The molecule has 0 spiro atoms. The Kier molecular flexibility index (Phi) is 3.74. The van der Waals surface area contributed by atoms with Crippen molar-refractivity contribution in [2.45, 2.75) is 12.6 Å². The standard InChI is InChI=1S/C11H13N2O3S2/c1-18(15,16)12-11(6-7-14)13-8-17-10-5-3-2-4-9(10)13/h2-5,7-8,11-12H,6H2,1H3/q+1.